The number of hydrogen-bond donors (Lipinski definition) is 1. The fourth-order valence-corrected chi connectivity index (χ4v) is 2.47. The van der Waals surface area contributed by atoms with Gasteiger partial charge in [-0.1, -0.05) is 31.5 Å². The van der Waals surface area contributed by atoms with Gasteiger partial charge in [-0.25, -0.2) is 14.6 Å². The van der Waals surface area contributed by atoms with E-state index in [9.17, 15) is 5.11 Å². The maximum absolute atomic E-state index is 10.00. The van der Waals surface area contributed by atoms with E-state index in [2.05, 4.69) is 22.0 Å². The van der Waals surface area contributed by atoms with Crippen LogP contribution < -0.4 is 0 Å². The van der Waals surface area contributed by atoms with Gasteiger partial charge in [0.2, 0.25) is 0 Å². The summed E-state index contributed by atoms with van der Waals surface area (Å²) in [6, 6.07) is 9.88. The van der Waals surface area contributed by atoms with Crippen LogP contribution in [0.15, 0.2) is 42.9 Å². The average Bonchev–Trinajstić information content (AvgIpc) is 2.93. The molecule has 0 aliphatic heterocycles. The summed E-state index contributed by atoms with van der Waals surface area (Å²) in [7, 11) is 0. The Morgan fingerprint density at radius 1 is 1.19 bits per heavy atom. The van der Waals surface area contributed by atoms with Crippen molar-refractivity contribution in [2.75, 3.05) is 0 Å². The monoisotopic (exact) mass is 282 g/mol. The van der Waals surface area contributed by atoms with E-state index < -0.39 is 0 Å². The summed E-state index contributed by atoms with van der Waals surface area (Å²) in [5, 5.41) is 15.3. The predicted octanol–water partition coefficient (Wildman–Crippen LogP) is 2.52. The van der Waals surface area contributed by atoms with E-state index in [-0.39, 0.29) is 6.10 Å². The zero-order valence-corrected chi connectivity index (χ0v) is 12.0. The van der Waals surface area contributed by atoms with Crippen LogP contribution in [0, 0.1) is 0 Å². The molecule has 0 fully saturated rings. The molecule has 1 atom stereocenters. The van der Waals surface area contributed by atoms with Gasteiger partial charge >= 0.3 is 0 Å². The Labute approximate surface area is 123 Å². The highest BCUT2D eigenvalue weighted by molar-refractivity contribution is 5.78. The highest BCUT2D eigenvalue weighted by Crippen LogP contribution is 2.19. The highest BCUT2D eigenvalue weighted by Gasteiger charge is 2.13. The summed E-state index contributed by atoms with van der Waals surface area (Å²) >= 11 is 0. The zero-order valence-electron chi connectivity index (χ0n) is 12.0. The van der Waals surface area contributed by atoms with E-state index in [0.717, 1.165) is 35.3 Å². The molecular formula is C16H18N4O. The van der Waals surface area contributed by atoms with Gasteiger partial charge in [0.05, 0.1) is 29.1 Å². The third-order valence-corrected chi connectivity index (χ3v) is 3.50. The van der Waals surface area contributed by atoms with Crippen LogP contribution in [0.25, 0.3) is 16.7 Å². The molecule has 2 heterocycles. The Kier molecular flexibility index (Phi) is 3.92. The third-order valence-electron chi connectivity index (χ3n) is 3.50. The van der Waals surface area contributed by atoms with Crippen molar-refractivity contribution >= 4 is 11.0 Å². The Bertz CT molecular complexity index is 723. The van der Waals surface area contributed by atoms with E-state index in [0.29, 0.717) is 6.42 Å². The highest BCUT2D eigenvalue weighted by atomic mass is 16.3. The van der Waals surface area contributed by atoms with Crippen LogP contribution in [0.1, 0.15) is 25.5 Å². The normalized spacial score (nSPS) is 12.7. The molecule has 2 aromatic heterocycles. The number of benzene rings is 1. The summed E-state index contributed by atoms with van der Waals surface area (Å²) in [6.07, 6.45) is 5.21. The molecule has 1 unspecified atom stereocenters. The van der Waals surface area contributed by atoms with Gasteiger partial charge in [-0.3, -0.25) is 0 Å². The lowest BCUT2D eigenvalue weighted by atomic mass is 10.1. The number of para-hydroxylation sites is 1. The first-order chi connectivity index (χ1) is 10.3. The lowest BCUT2D eigenvalue weighted by Crippen LogP contribution is -2.11. The van der Waals surface area contributed by atoms with Crippen LogP contribution in [-0.2, 0) is 6.42 Å². The molecule has 108 valence electrons. The van der Waals surface area contributed by atoms with Gasteiger partial charge in [0.15, 0.2) is 5.65 Å². The summed E-state index contributed by atoms with van der Waals surface area (Å²) in [6.45, 7) is 2.06. The molecule has 3 aromatic rings. The third kappa shape index (κ3) is 2.78. The lowest BCUT2D eigenvalue weighted by molar-refractivity contribution is 0.163. The molecule has 5 nitrogen and oxygen atoms in total. The second-order valence-electron chi connectivity index (χ2n) is 5.10. The van der Waals surface area contributed by atoms with Crippen LogP contribution in [0.2, 0.25) is 0 Å². The van der Waals surface area contributed by atoms with E-state index in [1.807, 2.05) is 30.3 Å². The number of fused-ring (bicyclic) bond motifs is 1. The van der Waals surface area contributed by atoms with Crippen LogP contribution >= 0.6 is 0 Å². The van der Waals surface area contributed by atoms with Gasteiger partial charge in [0.25, 0.3) is 0 Å². The molecule has 0 radical (unpaired) electrons. The van der Waals surface area contributed by atoms with Gasteiger partial charge in [-0.15, -0.1) is 0 Å². The predicted molar refractivity (Wildman–Crippen MR) is 81.3 cm³/mol. The second kappa shape index (κ2) is 6.01. The van der Waals surface area contributed by atoms with Gasteiger partial charge < -0.3 is 5.11 Å². The zero-order chi connectivity index (χ0) is 14.7. The van der Waals surface area contributed by atoms with Gasteiger partial charge in [-0.05, 0) is 18.6 Å². The van der Waals surface area contributed by atoms with Gasteiger partial charge in [0, 0.05) is 6.42 Å². The first-order valence-corrected chi connectivity index (χ1v) is 7.20. The van der Waals surface area contributed by atoms with Crippen molar-refractivity contribution in [1.29, 1.82) is 0 Å². The molecule has 3 rings (SSSR count). The molecule has 0 saturated carbocycles. The van der Waals surface area contributed by atoms with Crippen molar-refractivity contribution in [3.8, 4) is 5.69 Å². The number of rotatable bonds is 5. The van der Waals surface area contributed by atoms with Gasteiger partial charge in [0.1, 0.15) is 6.33 Å². The fraction of sp³-hybridized carbons (Fsp3) is 0.312. The SMILES string of the molecule is CCCC(O)Cc1ncnc2c1cnn2-c1ccccc1. The van der Waals surface area contributed by atoms with Crippen molar-refractivity contribution in [3.63, 3.8) is 0 Å². The largest absolute Gasteiger partial charge is 0.393 e. The minimum absolute atomic E-state index is 0.367. The molecule has 1 aromatic carbocycles. The maximum atomic E-state index is 10.00. The number of aromatic nitrogens is 4. The fourth-order valence-electron chi connectivity index (χ4n) is 2.47. The Hall–Kier alpha value is -2.27. The minimum Gasteiger partial charge on any atom is -0.393 e. The quantitative estimate of drug-likeness (QED) is 0.781. The number of aliphatic hydroxyl groups excluding tert-OH is 1. The van der Waals surface area contributed by atoms with E-state index in [4.69, 9.17) is 0 Å². The summed E-state index contributed by atoms with van der Waals surface area (Å²) in [5.41, 5.74) is 2.59. The minimum atomic E-state index is -0.367. The molecule has 5 heteroatoms. The van der Waals surface area contributed by atoms with Crippen molar-refractivity contribution in [2.45, 2.75) is 32.3 Å². The van der Waals surface area contributed by atoms with Crippen molar-refractivity contribution in [3.05, 3.63) is 48.5 Å². The van der Waals surface area contributed by atoms with Crippen LogP contribution in [0.5, 0.6) is 0 Å². The maximum Gasteiger partial charge on any atom is 0.166 e. The molecule has 0 aliphatic rings. The van der Waals surface area contributed by atoms with Crippen LogP contribution in [-0.4, -0.2) is 31.0 Å². The Morgan fingerprint density at radius 3 is 2.76 bits per heavy atom. The Morgan fingerprint density at radius 2 is 2.00 bits per heavy atom. The van der Waals surface area contributed by atoms with Crippen molar-refractivity contribution in [1.82, 2.24) is 19.7 Å². The molecule has 0 aliphatic carbocycles. The molecule has 21 heavy (non-hydrogen) atoms. The molecule has 0 bridgehead atoms. The van der Waals surface area contributed by atoms with Crippen LogP contribution in [0.4, 0.5) is 0 Å². The summed E-state index contributed by atoms with van der Waals surface area (Å²) in [4.78, 5) is 8.65. The first-order valence-electron chi connectivity index (χ1n) is 7.20. The first kappa shape index (κ1) is 13.7. The van der Waals surface area contributed by atoms with E-state index >= 15 is 0 Å². The number of nitrogens with zero attached hydrogens (tertiary/aromatic N) is 4. The van der Waals surface area contributed by atoms with E-state index in [1.165, 1.54) is 6.33 Å². The molecule has 1 N–H and O–H groups in total. The molecule has 0 saturated heterocycles. The van der Waals surface area contributed by atoms with Crippen molar-refractivity contribution in [2.24, 2.45) is 0 Å². The summed E-state index contributed by atoms with van der Waals surface area (Å²) < 4.78 is 1.80. The molecular weight excluding hydrogens is 264 g/mol. The van der Waals surface area contributed by atoms with Crippen LogP contribution in [0.3, 0.4) is 0 Å². The number of aliphatic hydroxyl groups is 1. The van der Waals surface area contributed by atoms with Gasteiger partial charge in [-0.2, -0.15) is 5.10 Å². The molecule has 0 amide bonds. The Balaban J connectivity index is 2.00. The topological polar surface area (TPSA) is 63.8 Å². The van der Waals surface area contributed by atoms with Crippen molar-refractivity contribution < 1.29 is 5.11 Å². The second-order valence-corrected chi connectivity index (χ2v) is 5.10. The summed E-state index contributed by atoms with van der Waals surface area (Å²) in [5.74, 6) is 0. The average molecular weight is 282 g/mol. The van der Waals surface area contributed by atoms with E-state index in [1.54, 1.807) is 10.9 Å². The number of hydrogen-bond acceptors (Lipinski definition) is 4. The smallest absolute Gasteiger partial charge is 0.166 e. The standard InChI is InChI=1S/C16H18N4O/c1-2-6-13(21)9-15-14-10-19-20(16(14)18-11-17-15)12-7-4-3-5-8-12/h3-5,7-8,10-11,13,21H,2,6,9H2,1H3. The molecule has 0 spiro atoms. The lowest BCUT2D eigenvalue weighted by Gasteiger charge is -2.09.